The van der Waals surface area contributed by atoms with Crippen molar-refractivity contribution in [1.82, 2.24) is 9.55 Å². The number of nitrogen functional groups attached to an aromatic ring is 1. The van der Waals surface area contributed by atoms with Gasteiger partial charge in [-0.15, -0.1) is 0 Å². The highest BCUT2D eigenvalue weighted by atomic mass is 16.5. The van der Waals surface area contributed by atoms with Crippen molar-refractivity contribution in [1.29, 1.82) is 0 Å². The Kier molecular flexibility index (Phi) is 5.07. The van der Waals surface area contributed by atoms with Crippen LogP contribution in [0, 0.1) is 0 Å². The molecular weight excluding hydrogens is 278 g/mol. The van der Waals surface area contributed by atoms with E-state index >= 15 is 0 Å². The normalized spacial score (nSPS) is 25.8. The van der Waals surface area contributed by atoms with E-state index < -0.39 is 24.1 Å². The molecule has 1 aliphatic heterocycles. The zero-order valence-electron chi connectivity index (χ0n) is 11.4. The van der Waals surface area contributed by atoms with E-state index in [9.17, 15) is 9.90 Å². The maximum Gasteiger partial charge on any atom is 0.351 e. The number of nitrogens with zero attached hydrogens (tertiary/aromatic N) is 2. The number of aromatic nitrogens is 2. The minimum Gasteiger partial charge on any atom is -0.396 e. The molecule has 1 fully saturated rings. The van der Waals surface area contributed by atoms with Crippen molar-refractivity contribution < 1.29 is 20.1 Å². The lowest BCUT2D eigenvalue weighted by Crippen LogP contribution is -2.28. The first-order valence-corrected chi connectivity index (χ1v) is 6.67. The third-order valence-corrected chi connectivity index (χ3v) is 3.30. The molecule has 0 aliphatic carbocycles. The van der Waals surface area contributed by atoms with Gasteiger partial charge >= 0.3 is 5.69 Å². The average Bonchev–Trinajstić information content (AvgIpc) is 2.82. The van der Waals surface area contributed by atoms with E-state index in [2.05, 4.69) is 4.98 Å². The first kappa shape index (κ1) is 15.6. The number of aliphatic hydroxyl groups is 3. The fourth-order valence-electron chi connectivity index (χ4n) is 2.17. The molecule has 0 radical (unpaired) electrons. The molecule has 0 aromatic carbocycles. The molecule has 1 aromatic heterocycles. The number of anilines is 1. The van der Waals surface area contributed by atoms with Gasteiger partial charge in [-0.3, -0.25) is 4.57 Å². The van der Waals surface area contributed by atoms with Gasteiger partial charge in [0.05, 0.1) is 12.7 Å². The number of rotatable bonds is 5. The van der Waals surface area contributed by atoms with Crippen LogP contribution < -0.4 is 11.4 Å². The van der Waals surface area contributed by atoms with Gasteiger partial charge in [0.1, 0.15) is 18.1 Å². The molecule has 1 aliphatic rings. The van der Waals surface area contributed by atoms with E-state index in [1.165, 1.54) is 10.8 Å². The van der Waals surface area contributed by atoms with Crippen LogP contribution in [0.3, 0.4) is 0 Å². The second kappa shape index (κ2) is 6.81. The van der Waals surface area contributed by atoms with Gasteiger partial charge < -0.3 is 25.8 Å². The second-order valence-corrected chi connectivity index (χ2v) is 4.80. The molecule has 0 saturated carbocycles. The second-order valence-electron chi connectivity index (χ2n) is 4.80. The fourth-order valence-corrected chi connectivity index (χ4v) is 2.17. The van der Waals surface area contributed by atoms with Gasteiger partial charge in [0.25, 0.3) is 0 Å². The van der Waals surface area contributed by atoms with Crippen molar-refractivity contribution in [2.24, 2.45) is 0 Å². The summed E-state index contributed by atoms with van der Waals surface area (Å²) in [4.78, 5) is 15.6. The van der Waals surface area contributed by atoms with Crippen LogP contribution in [-0.2, 0) is 4.74 Å². The first-order valence-electron chi connectivity index (χ1n) is 6.67. The predicted molar refractivity (Wildman–Crippen MR) is 75.3 cm³/mol. The molecule has 3 atom stereocenters. The summed E-state index contributed by atoms with van der Waals surface area (Å²) < 4.78 is 6.67. The Labute approximate surface area is 121 Å². The number of hydrogen-bond donors (Lipinski definition) is 4. The molecule has 2 rings (SSSR count). The quantitative estimate of drug-likeness (QED) is 0.540. The zero-order chi connectivity index (χ0) is 15.4. The third kappa shape index (κ3) is 3.48. The van der Waals surface area contributed by atoms with Crippen LogP contribution in [-0.4, -0.2) is 50.3 Å². The Morgan fingerprint density at radius 1 is 1.52 bits per heavy atom. The summed E-state index contributed by atoms with van der Waals surface area (Å²) in [5, 5.41) is 27.5. The van der Waals surface area contributed by atoms with E-state index in [4.69, 9.17) is 20.7 Å². The number of ether oxygens (including phenoxy) is 1. The summed E-state index contributed by atoms with van der Waals surface area (Å²) in [6.07, 6.45) is 3.27. The topological polar surface area (TPSA) is 131 Å². The minimum absolute atomic E-state index is 0.0135. The van der Waals surface area contributed by atoms with Crippen molar-refractivity contribution in [3.63, 3.8) is 0 Å². The van der Waals surface area contributed by atoms with Crippen LogP contribution in [0.15, 0.2) is 17.1 Å². The standard InChI is InChI=1S/C13H19N3O5/c14-12-8(3-1-2-4-17)6-16(13(20)15-12)11-5-9(19)10(7-18)21-11/h1,3,6,9-11,17-19H,2,4-5,7H2,(H2,14,15,20)/t9-,10+,11+/m0/s1. The Balaban J connectivity index is 2.28. The van der Waals surface area contributed by atoms with E-state index in [1.54, 1.807) is 12.2 Å². The Morgan fingerprint density at radius 3 is 2.90 bits per heavy atom. The molecule has 8 heteroatoms. The highest BCUT2D eigenvalue weighted by Crippen LogP contribution is 2.27. The molecule has 0 bridgehead atoms. The first-order chi connectivity index (χ1) is 10.1. The highest BCUT2D eigenvalue weighted by molar-refractivity contribution is 5.59. The fraction of sp³-hybridized carbons (Fsp3) is 0.538. The van der Waals surface area contributed by atoms with Gasteiger partial charge in [0, 0.05) is 24.8 Å². The van der Waals surface area contributed by atoms with Gasteiger partial charge in [-0.05, 0) is 6.42 Å². The van der Waals surface area contributed by atoms with E-state index in [0.717, 1.165) is 0 Å². The molecule has 0 unspecified atom stereocenters. The number of aliphatic hydroxyl groups excluding tert-OH is 3. The Hall–Kier alpha value is -1.74. The molecule has 1 aromatic rings. The highest BCUT2D eigenvalue weighted by Gasteiger charge is 2.35. The molecule has 116 valence electrons. The lowest BCUT2D eigenvalue weighted by atomic mass is 10.2. The van der Waals surface area contributed by atoms with Crippen molar-refractivity contribution >= 4 is 11.9 Å². The summed E-state index contributed by atoms with van der Waals surface area (Å²) >= 11 is 0. The maximum absolute atomic E-state index is 11.9. The molecule has 1 saturated heterocycles. The van der Waals surface area contributed by atoms with Crippen LogP contribution in [0.4, 0.5) is 5.82 Å². The van der Waals surface area contributed by atoms with Crippen molar-refractivity contribution in [3.05, 3.63) is 28.3 Å². The average molecular weight is 297 g/mol. The summed E-state index contributed by atoms with van der Waals surface area (Å²) in [6.45, 7) is -0.308. The summed E-state index contributed by atoms with van der Waals surface area (Å²) in [6, 6.07) is 0. The van der Waals surface area contributed by atoms with Crippen LogP contribution >= 0.6 is 0 Å². The molecular formula is C13H19N3O5. The monoisotopic (exact) mass is 297 g/mol. The molecule has 2 heterocycles. The van der Waals surface area contributed by atoms with Gasteiger partial charge in [-0.1, -0.05) is 12.2 Å². The lowest BCUT2D eigenvalue weighted by Gasteiger charge is -2.15. The SMILES string of the molecule is Nc1nc(=O)n([C@H]2C[C@H](O)[C@@H](CO)O2)cc1C=CCCO. The van der Waals surface area contributed by atoms with Crippen molar-refractivity contribution in [2.75, 3.05) is 18.9 Å². The molecule has 0 amide bonds. The predicted octanol–water partition coefficient (Wildman–Crippen LogP) is -1.14. The smallest absolute Gasteiger partial charge is 0.351 e. The van der Waals surface area contributed by atoms with Crippen LogP contribution in [0.2, 0.25) is 0 Å². The Morgan fingerprint density at radius 2 is 2.29 bits per heavy atom. The summed E-state index contributed by atoms with van der Waals surface area (Å²) in [5.74, 6) is 0.0858. The summed E-state index contributed by atoms with van der Waals surface area (Å²) in [7, 11) is 0. The van der Waals surface area contributed by atoms with E-state index in [-0.39, 0.29) is 25.5 Å². The number of nitrogens with two attached hydrogens (primary N) is 1. The van der Waals surface area contributed by atoms with Gasteiger partial charge in [-0.25, -0.2) is 4.79 Å². The van der Waals surface area contributed by atoms with Gasteiger partial charge in [0.2, 0.25) is 0 Å². The minimum atomic E-state index is -0.835. The lowest BCUT2D eigenvalue weighted by molar-refractivity contribution is -0.0458. The van der Waals surface area contributed by atoms with E-state index in [1.807, 2.05) is 0 Å². The van der Waals surface area contributed by atoms with Gasteiger partial charge in [0.15, 0.2) is 0 Å². The van der Waals surface area contributed by atoms with Crippen LogP contribution in [0.5, 0.6) is 0 Å². The summed E-state index contributed by atoms with van der Waals surface area (Å²) in [5.41, 5.74) is 5.62. The molecule has 0 spiro atoms. The molecule has 8 nitrogen and oxygen atoms in total. The zero-order valence-corrected chi connectivity index (χ0v) is 11.4. The molecule has 5 N–H and O–H groups in total. The van der Waals surface area contributed by atoms with Crippen molar-refractivity contribution in [2.45, 2.75) is 31.3 Å². The third-order valence-electron chi connectivity index (χ3n) is 3.30. The largest absolute Gasteiger partial charge is 0.396 e. The van der Waals surface area contributed by atoms with Crippen molar-refractivity contribution in [3.8, 4) is 0 Å². The Bertz CT molecular complexity index is 571. The van der Waals surface area contributed by atoms with E-state index in [0.29, 0.717) is 12.0 Å². The number of hydrogen-bond acceptors (Lipinski definition) is 7. The van der Waals surface area contributed by atoms with Crippen LogP contribution in [0.1, 0.15) is 24.6 Å². The van der Waals surface area contributed by atoms with Gasteiger partial charge in [-0.2, -0.15) is 4.98 Å². The maximum atomic E-state index is 11.9. The molecule has 21 heavy (non-hydrogen) atoms. The van der Waals surface area contributed by atoms with Crippen LogP contribution in [0.25, 0.3) is 6.08 Å².